The molecule has 1 fully saturated rings. The predicted octanol–water partition coefficient (Wildman–Crippen LogP) is 0.463. The number of hydrogen-bond acceptors (Lipinski definition) is 4. The summed E-state index contributed by atoms with van der Waals surface area (Å²) < 4.78 is 0. The van der Waals surface area contributed by atoms with Crippen LogP contribution in [0.4, 0.5) is 0 Å². The van der Waals surface area contributed by atoms with E-state index >= 15 is 0 Å². The van der Waals surface area contributed by atoms with Gasteiger partial charge in [-0.3, -0.25) is 9.69 Å². The summed E-state index contributed by atoms with van der Waals surface area (Å²) >= 11 is 0. The van der Waals surface area contributed by atoms with Crippen LogP contribution in [0.25, 0.3) is 0 Å². The number of nitriles is 1. The van der Waals surface area contributed by atoms with E-state index in [9.17, 15) is 4.79 Å². The van der Waals surface area contributed by atoms with E-state index in [1.165, 1.54) is 11.3 Å². The summed E-state index contributed by atoms with van der Waals surface area (Å²) in [5.41, 5.74) is 7.72. The number of amides is 1. The molecule has 0 bridgehead atoms. The third-order valence-electron chi connectivity index (χ3n) is 3.71. The molecular formula is C14H20N4O. The molecule has 102 valence electrons. The molecule has 1 unspecified atom stereocenters. The van der Waals surface area contributed by atoms with Crippen LogP contribution in [0.2, 0.25) is 0 Å². The quantitative estimate of drug-likeness (QED) is 0.800. The minimum atomic E-state index is -0.265. The average Bonchev–Trinajstić information content (AvgIpc) is 2.39. The first-order valence-electron chi connectivity index (χ1n) is 6.63. The standard InChI is InChI=1S/C14H20N4O/c1-11-8-12(9-15)2-3-13(11)18-6-4-17(5-7-18)10-14(16)19/h2-3,12H,4-8,10H2,1H3,(H2,16,19). The third-order valence-corrected chi connectivity index (χ3v) is 3.71. The second-order valence-corrected chi connectivity index (χ2v) is 5.19. The van der Waals surface area contributed by atoms with Crippen molar-refractivity contribution in [3.05, 3.63) is 23.4 Å². The molecule has 1 atom stereocenters. The number of nitrogens with zero attached hydrogens (tertiary/aromatic N) is 3. The van der Waals surface area contributed by atoms with Gasteiger partial charge in [0.15, 0.2) is 0 Å². The van der Waals surface area contributed by atoms with Crippen molar-refractivity contribution in [3.63, 3.8) is 0 Å². The Morgan fingerprint density at radius 1 is 1.47 bits per heavy atom. The molecular weight excluding hydrogens is 240 g/mol. The topological polar surface area (TPSA) is 73.4 Å². The molecule has 1 aliphatic heterocycles. The van der Waals surface area contributed by atoms with Crippen LogP contribution >= 0.6 is 0 Å². The smallest absolute Gasteiger partial charge is 0.231 e. The maximum Gasteiger partial charge on any atom is 0.231 e. The van der Waals surface area contributed by atoms with Crippen LogP contribution in [0.3, 0.4) is 0 Å². The zero-order valence-electron chi connectivity index (χ0n) is 11.3. The Kier molecular flexibility index (Phi) is 4.23. The zero-order valence-corrected chi connectivity index (χ0v) is 11.3. The molecule has 0 aromatic rings. The SMILES string of the molecule is CC1=C(N2CCN(CC(N)=O)CC2)C=CC(C#N)C1. The Morgan fingerprint density at radius 3 is 2.68 bits per heavy atom. The van der Waals surface area contributed by atoms with E-state index in [0.29, 0.717) is 6.54 Å². The fraction of sp³-hybridized carbons (Fsp3) is 0.571. The Labute approximate surface area is 114 Å². The van der Waals surface area contributed by atoms with Crippen molar-refractivity contribution in [2.45, 2.75) is 13.3 Å². The third kappa shape index (κ3) is 3.36. The van der Waals surface area contributed by atoms with E-state index < -0.39 is 0 Å². The molecule has 0 spiro atoms. The maximum atomic E-state index is 10.9. The van der Waals surface area contributed by atoms with Crippen LogP contribution in [0.5, 0.6) is 0 Å². The van der Waals surface area contributed by atoms with Crippen molar-refractivity contribution in [1.82, 2.24) is 9.80 Å². The summed E-state index contributed by atoms with van der Waals surface area (Å²) in [7, 11) is 0. The summed E-state index contributed by atoms with van der Waals surface area (Å²) in [6.07, 6.45) is 4.87. The van der Waals surface area contributed by atoms with Crippen LogP contribution in [0.15, 0.2) is 23.4 Å². The van der Waals surface area contributed by atoms with Crippen molar-refractivity contribution >= 4 is 5.91 Å². The minimum Gasteiger partial charge on any atom is -0.369 e. The van der Waals surface area contributed by atoms with Gasteiger partial charge in [0.05, 0.1) is 18.5 Å². The Morgan fingerprint density at radius 2 is 2.16 bits per heavy atom. The summed E-state index contributed by atoms with van der Waals surface area (Å²) in [6, 6.07) is 2.29. The first-order chi connectivity index (χ1) is 9.10. The normalized spacial score (nSPS) is 24.4. The molecule has 1 amide bonds. The highest BCUT2D eigenvalue weighted by Gasteiger charge is 2.22. The van der Waals surface area contributed by atoms with Gasteiger partial charge in [0.25, 0.3) is 0 Å². The second kappa shape index (κ2) is 5.89. The van der Waals surface area contributed by atoms with Gasteiger partial charge < -0.3 is 10.6 Å². The lowest BCUT2D eigenvalue weighted by Gasteiger charge is -2.37. The van der Waals surface area contributed by atoms with Crippen molar-refractivity contribution in [3.8, 4) is 6.07 Å². The Balaban J connectivity index is 1.94. The number of carbonyl (C=O) groups is 1. The molecule has 5 nitrogen and oxygen atoms in total. The first kappa shape index (κ1) is 13.6. The van der Waals surface area contributed by atoms with Crippen LogP contribution in [0, 0.1) is 17.2 Å². The number of carbonyl (C=O) groups excluding carboxylic acids is 1. The van der Waals surface area contributed by atoms with E-state index in [4.69, 9.17) is 11.0 Å². The molecule has 0 saturated carbocycles. The summed E-state index contributed by atoms with van der Waals surface area (Å²) in [4.78, 5) is 15.3. The molecule has 2 N–H and O–H groups in total. The lowest BCUT2D eigenvalue weighted by molar-refractivity contribution is -0.119. The summed E-state index contributed by atoms with van der Waals surface area (Å²) in [6.45, 7) is 5.96. The molecule has 2 aliphatic rings. The van der Waals surface area contributed by atoms with Gasteiger partial charge in [0.1, 0.15) is 0 Å². The number of piperazine rings is 1. The molecule has 0 aromatic carbocycles. The van der Waals surface area contributed by atoms with Gasteiger partial charge in [-0.05, 0) is 25.0 Å². The van der Waals surface area contributed by atoms with Gasteiger partial charge in [0.2, 0.25) is 5.91 Å². The van der Waals surface area contributed by atoms with Crippen LogP contribution in [0.1, 0.15) is 13.3 Å². The highest BCUT2D eigenvalue weighted by atomic mass is 16.1. The largest absolute Gasteiger partial charge is 0.369 e. The predicted molar refractivity (Wildman–Crippen MR) is 72.8 cm³/mol. The van der Waals surface area contributed by atoms with Crippen LogP contribution in [-0.2, 0) is 4.79 Å². The van der Waals surface area contributed by atoms with Crippen LogP contribution in [-0.4, -0.2) is 48.4 Å². The average molecular weight is 260 g/mol. The number of allylic oxidation sites excluding steroid dienone is 3. The van der Waals surface area contributed by atoms with E-state index in [1.807, 2.05) is 6.08 Å². The van der Waals surface area contributed by atoms with Crippen molar-refractivity contribution < 1.29 is 4.79 Å². The van der Waals surface area contributed by atoms with Crippen molar-refractivity contribution in [1.29, 1.82) is 5.26 Å². The van der Waals surface area contributed by atoms with Gasteiger partial charge in [-0.25, -0.2) is 0 Å². The number of hydrogen-bond donors (Lipinski definition) is 1. The molecule has 1 aliphatic carbocycles. The van der Waals surface area contributed by atoms with Gasteiger partial charge in [0, 0.05) is 31.9 Å². The number of nitrogens with two attached hydrogens (primary N) is 1. The van der Waals surface area contributed by atoms with E-state index in [1.54, 1.807) is 0 Å². The van der Waals surface area contributed by atoms with Gasteiger partial charge in [-0.2, -0.15) is 5.26 Å². The molecule has 1 saturated heterocycles. The number of rotatable bonds is 3. The highest BCUT2D eigenvalue weighted by Crippen LogP contribution is 2.25. The molecule has 2 rings (SSSR count). The van der Waals surface area contributed by atoms with Gasteiger partial charge in [-0.1, -0.05) is 6.08 Å². The Hall–Kier alpha value is -1.80. The highest BCUT2D eigenvalue weighted by molar-refractivity contribution is 5.75. The second-order valence-electron chi connectivity index (χ2n) is 5.19. The molecule has 5 heteroatoms. The fourth-order valence-corrected chi connectivity index (χ4v) is 2.68. The summed E-state index contributed by atoms with van der Waals surface area (Å²) in [5, 5.41) is 8.94. The molecule has 0 radical (unpaired) electrons. The van der Waals surface area contributed by atoms with Gasteiger partial charge >= 0.3 is 0 Å². The lowest BCUT2D eigenvalue weighted by atomic mass is 9.94. The molecule has 19 heavy (non-hydrogen) atoms. The van der Waals surface area contributed by atoms with Gasteiger partial charge in [-0.15, -0.1) is 0 Å². The lowest BCUT2D eigenvalue weighted by Crippen LogP contribution is -2.48. The van der Waals surface area contributed by atoms with E-state index in [2.05, 4.69) is 28.9 Å². The molecule has 0 aromatic heterocycles. The van der Waals surface area contributed by atoms with Crippen molar-refractivity contribution in [2.75, 3.05) is 32.7 Å². The first-order valence-corrected chi connectivity index (χ1v) is 6.63. The molecule has 1 heterocycles. The summed E-state index contributed by atoms with van der Waals surface area (Å²) in [5.74, 6) is -0.252. The van der Waals surface area contributed by atoms with Crippen molar-refractivity contribution in [2.24, 2.45) is 11.7 Å². The zero-order chi connectivity index (χ0) is 13.8. The van der Waals surface area contributed by atoms with E-state index in [0.717, 1.165) is 32.6 Å². The minimum absolute atomic E-state index is 0.0138. The monoisotopic (exact) mass is 260 g/mol. The maximum absolute atomic E-state index is 10.9. The van der Waals surface area contributed by atoms with E-state index in [-0.39, 0.29) is 11.8 Å². The number of primary amides is 1. The fourth-order valence-electron chi connectivity index (χ4n) is 2.68. The van der Waals surface area contributed by atoms with Crippen LogP contribution < -0.4 is 5.73 Å². The Bertz CT molecular complexity index is 453.